The van der Waals surface area contributed by atoms with Crippen LogP contribution >= 0.6 is 11.8 Å². The number of benzene rings is 2. The molecule has 0 atom stereocenters. The molecule has 1 aromatic heterocycles. The number of rotatable bonds is 8. The summed E-state index contributed by atoms with van der Waals surface area (Å²) in [5.74, 6) is 0.722. The highest BCUT2D eigenvalue weighted by Gasteiger charge is 2.22. The van der Waals surface area contributed by atoms with Crippen LogP contribution in [0.15, 0.2) is 76.8 Å². The quantitative estimate of drug-likeness (QED) is 0.556. The molecule has 140 valence electrons. The van der Waals surface area contributed by atoms with E-state index in [4.69, 9.17) is 5.73 Å². The molecular formula is C21H23N3O2S. The molecule has 3 rings (SSSR count). The van der Waals surface area contributed by atoms with E-state index < -0.39 is 5.54 Å². The Morgan fingerprint density at radius 2 is 1.41 bits per heavy atom. The summed E-state index contributed by atoms with van der Waals surface area (Å²) in [6, 6.07) is 18.2. The summed E-state index contributed by atoms with van der Waals surface area (Å²) >= 11 is 1.69. The molecule has 5 nitrogen and oxygen atoms in total. The summed E-state index contributed by atoms with van der Waals surface area (Å²) in [4.78, 5) is 10.8. The molecule has 0 radical (unpaired) electrons. The molecule has 0 saturated carbocycles. The lowest BCUT2D eigenvalue weighted by molar-refractivity contribution is 0.115. The van der Waals surface area contributed by atoms with Crippen molar-refractivity contribution in [2.75, 3.05) is 13.2 Å². The molecule has 0 unspecified atom stereocenters. The number of nitrogens with zero attached hydrogens (tertiary/aromatic N) is 2. The number of nitrogens with two attached hydrogens (primary N) is 1. The smallest absolute Gasteiger partial charge is 0.159 e. The predicted molar refractivity (Wildman–Crippen MR) is 107 cm³/mol. The summed E-state index contributed by atoms with van der Waals surface area (Å²) in [6.07, 6.45) is 4.73. The van der Waals surface area contributed by atoms with Crippen molar-refractivity contribution in [3.8, 4) is 11.4 Å². The number of hydrogen-bond acceptors (Lipinski definition) is 6. The normalized spacial score (nSPS) is 11.5. The van der Waals surface area contributed by atoms with Crippen molar-refractivity contribution in [3.63, 3.8) is 0 Å². The van der Waals surface area contributed by atoms with E-state index >= 15 is 0 Å². The number of aliphatic hydroxyl groups excluding tert-OH is 2. The molecule has 27 heavy (non-hydrogen) atoms. The van der Waals surface area contributed by atoms with Gasteiger partial charge in [-0.25, -0.2) is 9.97 Å². The minimum atomic E-state index is -0.919. The zero-order valence-corrected chi connectivity index (χ0v) is 15.8. The highest BCUT2D eigenvalue weighted by Crippen LogP contribution is 2.29. The van der Waals surface area contributed by atoms with Gasteiger partial charge >= 0.3 is 0 Å². The Morgan fingerprint density at radius 3 is 1.96 bits per heavy atom. The zero-order valence-electron chi connectivity index (χ0n) is 15.0. The summed E-state index contributed by atoms with van der Waals surface area (Å²) < 4.78 is 0. The van der Waals surface area contributed by atoms with Gasteiger partial charge < -0.3 is 15.9 Å². The first kappa shape index (κ1) is 19.5. The van der Waals surface area contributed by atoms with Gasteiger partial charge in [0.2, 0.25) is 0 Å². The highest BCUT2D eigenvalue weighted by atomic mass is 32.2. The largest absolute Gasteiger partial charge is 0.394 e. The standard InChI is InChI=1S/C21H23N3O2S/c22-21(14-25,15-26)11-10-16-2-6-18(7-3-16)27-19-8-4-17(5-9-19)20-23-12-1-13-24-20/h1-9,12-13,25-26H,10-11,14-15,22H2. The fraction of sp³-hybridized carbons (Fsp3) is 0.238. The average molecular weight is 382 g/mol. The zero-order chi connectivity index (χ0) is 19.1. The van der Waals surface area contributed by atoms with E-state index in [0.717, 1.165) is 26.7 Å². The van der Waals surface area contributed by atoms with Crippen molar-refractivity contribution in [2.45, 2.75) is 28.2 Å². The van der Waals surface area contributed by atoms with E-state index in [0.29, 0.717) is 12.8 Å². The summed E-state index contributed by atoms with van der Waals surface area (Å²) in [5, 5.41) is 18.5. The molecule has 6 heteroatoms. The monoisotopic (exact) mass is 381 g/mol. The lowest BCUT2D eigenvalue weighted by atomic mass is 9.94. The minimum Gasteiger partial charge on any atom is -0.394 e. The van der Waals surface area contributed by atoms with E-state index in [1.165, 1.54) is 0 Å². The third-order valence-corrected chi connectivity index (χ3v) is 5.39. The Labute approximate surface area is 163 Å². The average Bonchev–Trinajstić information content (AvgIpc) is 2.74. The van der Waals surface area contributed by atoms with Crippen molar-refractivity contribution in [2.24, 2.45) is 5.73 Å². The molecule has 2 aromatic carbocycles. The summed E-state index contributed by atoms with van der Waals surface area (Å²) in [5.41, 5.74) is 7.12. The van der Waals surface area contributed by atoms with Gasteiger partial charge in [-0.3, -0.25) is 0 Å². The van der Waals surface area contributed by atoms with Gasteiger partial charge in [-0.15, -0.1) is 0 Å². The first-order valence-electron chi connectivity index (χ1n) is 8.77. The molecule has 0 fully saturated rings. The first-order chi connectivity index (χ1) is 13.1. The summed E-state index contributed by atoms with van der Waals surface area (Å²) in [6.45, 7) is -0.442. The number of hydrogen-bond donors (Lipinski definition) is 3. The maximum Gasteiger partial charge on any atom is 0.159 e. The van der Waals surface area contributed by atoms with Crippen LogP contribution in [0.5, 0.6) is 0 Å². The number of aromatic nitrogens is 2. The van der Waals surface area contributed by atoms with Gasteiger partial charge in [0.25, 0.3) is 0 Å². The first-order valence-corrected chi connectivity index (χ1v) is 9.58. The van der Waals surface area contributed by atoms with Crippen LogP contribution in [0.25, 0.3) is 11.4 Å². The van der Waals surface area contributed by atoms with Crippen LogP contribution < -0.4 is 5.73 Å². The molecule has 0 aliphatic heterocycles. The van der Waals surface area contributed by atoms with E-state index in [-0.39, 0.29) is 13.2 Å². The van der Waals surface area contributed by atoms with E-state index in [1.54, 1.807) is 30.2 Å². The Hall–Kier alpha value is -2.25. The second kappa shape index (κ2) is 9.10. The number of aliphatic hydroxyl groups is 2. The van der Waals surface area contributed by atoms with Crippen LogP contribution in [-0.4, -0.2) is 38.9 Å². The fourth-order valence-electron chi connectivity index (χ4n) is 2.58. The molecular weight excluding hydrogens is 358 g/mol. The lowest BCUT2D eigenvalue weighted by Gasteiger charge is -2.24. The van der Waals surface area contributed by atoms with Gasteiger partial charge in [0.1, 0.15) is 0 Å². The molecule has 3 aromatic rings. The van der Waals surface area contributed by atoms with Crippen molar-refractivity contribution in [1.82, 2.24) is 9.97 Å². The van der Waals surface area contributed by atoms with Crippen molar-refractivity contribution in [1.29, 1.82) is 0 Å². The lowest BCUT2D eigenvalue weighted by Crippen LogP contribution is -2.47. The Kier molecular flexibility index (Phi) is 6.58. The third-order valence-electron chi connectivity index (χ3n) is 4.38. The maximum absolute atomic E-state index is 9.27. The van der Waals surface area contributed by atoms with Gasteiger partial charge in [-0.05, 0) is 48.7 Å². The molecule has 0 bridgehead atoms. The SMILES string of the molecule is NC(CO)(CO)CCc1ccc(Sc2ccc(-c3ncccn3)cc2)cc1. The van der Waals surface area contributed by atoms with Gasteiger partial charge in [0.05, 0.1) is 18.8 Å². The van der Waals surface area contributed by atoms with Crippen LogP contribution in [0.1, 0.15) is 12.0 Å². The van der Waals surface area contributed by atoms with Crippen LogP contribution in [0, 0.1) is 0 Å². The van der Waals surface area contributed by atoms with Crippen molar-refractivity contribution >= 4 is 11.8 Å². The van der Waals surface area contributed by atoms with E-state index in [2.05, 4.69) is 46.4 Å². The van der Waals surface area contributed by atoms with Crippen LogP contribution in [0.3, 0.4) is 0 Å². The molecule has 1 heterocycles. The molecule has 0 aliphatic rings. The maximum atomic E-state index is 9.27. The van der Waals surface area contributed by atoms with Gasteiger partial charge in [-0.2, -0.15) is 0 Å². The Bertz CT molecular complexity index is 836. The Morgan fingerprint density at radius 1 is 0.852 bits per heavy atom. The molecule has 4 N–H and O–H groups in total. The van der Waals surface area contributed by atoms with Crippen molar-refractivity contribution in [3.05, 3.63) is 72.6 Å². The van der Waals surface area contributed by atoms with Crippen LogP contribution in [0.4, 0.5) is 0 Å². The molecule has 0 aliphatic carbocycles. The highest BCUT2D eigenvalue weighted by molar-refractivity contribution is 7.99. The van der Waals surface area contributed by atoms with Crippen molar-refractivity contribution < 1.29 is 10.2 Å². The molecule has 0 amide bonds. The topological polar surface area (TPSA) is 92.3 Å². The minimum absolute atomic E-state index is 0.221. The van der Waals surface area contributed by atoms with E-state index in [9.17, 15) is 10.2 Å². The van der Waals surface area contributed by atoms with Gasteiger partial charge in [-0.1, -0.05) is 36.0 Å². The third kappa shape index (κ3) is 5.37. The fourth-order valence-corrected chi connectivity index (χ4v) is 3.40. The van der Waals surface area contributed by atoms with Gasteiger partial charge in [0, 0.05) is 27.7 Å². The molecule has 0 spiro atoms. The Balaban J connectivity index is 1.60. The van der Waals surface area contributed by atoms with Crippen LogP contribution in [-0.2, 0) is 6.42 Å². The second-order valence-electron chi connectivity index (χ2n) is 6.52. The second-order valence-corrected chi connectivity index (χ2v) is 7.67. The predicted octanol–water partition coefficient (Wildman–Crippen LogP) is 2.91. The molecule has 0 saturated heterocycles. The van der Waals surface area contributed by atoms with Gasteiger partial charge in [0.15, 0.2) is 5.82 Å². The van der Waals surface area contributed by atoms with Crippen LogP contribution in [0.2, 0.25) is 0 Å². The van der Waals surface area contributed by atoms with E-state index in [1.807, 2.05) is 12.1 Å². The number of aryl methyl sites for hydroxylation is 1. The summed E-state index contributed by atoms with van der Waals surface area (Å²) in [7, 11) is 0.